The molecule has 0 aliphatic carbocycles. The average molecular weight is 611 g/mol. The standard InChI is InChI=1S/C18H34O3Si.C16H32O2Si/c1-15(13-14-21-22(6,7)18(3,4)5)17(20)12-10-8-9-11-16(2)19;1-8-9-10-11-15(17)14(2)12-13-18-19(6,7)16(3,4)5/h9,11,15H,8,10,12-14H2,1-7H3;8,14H,1,9-13H2,2-7H3/b11-9+;. The van der Waals surface area contributed by atoms with Gasteiger partial charge in [0.2, 0.25) is 0 Å². The van der Waals surface area contributed by atoms with Crippen LogP contribution in [0.3, 0.4) is 0 Å². The first-order valence-electron chi connectivity index (χ1n) is 15.7. The molecular weight excluding hydrogens is 545 g/mol. The molecule has 0 amide bonds. The highest BCUT2D eigenvalue weighted by molar-refractivity contribution is 6.74. The summed E-state index contributed by atoms with van der Waals surface area (Å²) in [5.41, 5.74) is 0. The first-order chi connectivity index (χ1) is 18.6. The molecule has 0 spiro atoms. The lowest BCUT2D eigenvalue weighted by Crippen LogP contribution is -2.41. The Morgan fingerprint density at radius 3 is 1.41 bits per heavy atom. The highest BCUT2D eigenvalue weighted by Gasteiger charge is 2.38. The van der Waals surface area contributed by atoms with Crippen LogP contribution in [-0.2, 0) is 23.2 Å². The molecule has 0 aliphatic rings. The van der Waals surface area contributed by atoms with Gasteiger partial charge in [0.1, 0.15) is 11.6 Å². The number of hydrogen-bond acceptors (Lipinski definition) is 5. The Labute approximate surface area is 256 Å². The number of allylic oxidation sites excluding steroid dienone is 3. The lowest BCUT2D eigenvalue weighted by Gasteiger charge is -2.36. The zero-order chi connectivity index (χ0) is 32.5. The minimum absolute atomic E-state index is 0.0570. The van der Waals surface area contributed by atoms with E-state index in [0.717, 1.165) is 38.5 Å². The molecule has 0 heterocycles. The van der Waals surface area contributed by atoms with Gasteiger partial charge in [0.25, 0.3) is 0 Å². The van der Waals surface area contributed by atoms with Crippen LogP contribution in [0, 0.1) is 11.8 Å². The molecule has 240 valence electrons. The van der Waals surface area contributed by atoms with Crippen molar-refractivity contribution < 1.29 is 23.2 Å². The van der Waals surface area contributed by atoms with Crippen molar-refractivity contribution in [2.45, 2.75) is 150 Å². The normalized spacial score (nSPS) is 14.3. The fourth-order valence-electron chi connectivity index (χ4n) is 3.29. The van der Waals surface area contributed by atoms with E-state index in [1.165, 1.54) is 6.92 Å². The summed E-state index contributed by atoms with van der Waals surface area (Å²) in [6.45, 7) is 33.0. The van der Waals surface area contributed by atoms with Gasteiger partial charge in [0.15, 0.2) is 22.4 Å². The summed E-state index contributed by atoms with van der Waals surface area (Å²) in [4.78, 5) is 34.7. The third kappa shape index (κ3) is 19.6. The van der Waals surface area contributed by atoms with E-state index in [0.29, 0.717) is 37.6 Å². The Kier molecular flexibility index (Phi) is 20.4. The van der Waals surface area contributed by atoms with Gasteiger partial charge in [-0.25, -0.2) is 0 Å². The van der Waals surface area contributed by atoms with Crippen LogP contribution in [0.4, 0.5) is 0 Å². The Balaban J connectivity index is 0. The van der Waals surface area contributed by atoms with Gasteiger partial charge < -0.3 is 8.85 Å². The molecule has 0 N–H and O–H groups in total. The third-order valence-electron chi connectivity index (χ3n) is 8.72. The second-order valence-corrected chi connectivity index (χ2v) is 24.2. The van der Waals surface area contributed by atoms with Crippen molar-refractivity contribution >= 4 is 34.0 Å². The molecule has 5 nitrogen and oxygen atoms in total. The molecule has 0 radical (unpaired) electrons. The number of Topliss-reactive ketones (excluding diaryl/α,β-unsaturated/α-hetero) is 2. The summed E-state index contributed by atoms with van der Waals surface area (Å²) in [6, 6.07) is 0. The maximum absolute atomic E-state index is 12.1. The number of hydrogen-bond donors (Lipinski definition) is 0. The van der Waals surface area contributed by atoms with Gasteiger partial charge >= 0.3 is 0 Å². The molecule has 7 heteroatoms. The summed E-state index contributed by atoms with van der Waals surface area (Å²) in [5.74, 6) is 0.898. The maximum atomic E-state index is 12.1. The van der Waals surface area contributed by atoms with Crippen LogP contribution in [0.15, 0.2) is 24.8 Å². The second kappa shape index (κ2) is 19.9. The molecule has 0 fully saturated rings. The monoisotopic (exact) mass is 610 g/mol. The first kappa shape index (κ1) is 42.0. The largest absolute Gasteiger partial charge is 0.417 e. The number of ketones is 3. The molecule has 0 saturated heterocycles. The molecule has 0 aromatic heterocycles. The average Bonchev–Trinajstić information content (AvgIpc) is 2.82. The summed E-state index contributed by atoms with van der Waals surface area (Å²) in [6.07, 6.45) is 11.7. The van der Waals surface area contributed by atoms with E-state index in [-0.39, 0.29) is 27.7 Å². The Hall–Kier alpha value is -1.16. The lowest BCUT2D eigenvalue weighted by molar-refractivity contribution is -0.123. The quantitative estimate of drug-likeness (QED) is 0.0630. The highest BCUT2D eigenvalue weighted by atomic mass is 28.4. The van der Waals surface area contributed by atoms with Gasteiger partial charge in [-0.15, -0.1) is 6.58 Å². The molecule has 41 heavy (non-hydrogen) atoms. The molecule has 2 unspecified atom stereocenters. The highest BCUT2D eigenvalue weighted by Crippen LogP contribution is 2.37. The van der Waals surface area contributed by atoms with E-state index in [4.69, 9.17) is 8.85 Å². The predicted molar refractivity (Wildman–Crippen MR) is 182 cm³/mol. The van der Waals surface area contributed by atoms with Gasteiger partial charge in [-0.1, -0.05) is 67.5 Å². The summed E-state index contributed by atoms with van der Waals surface area (Å²) in [7, 11) is -3.37. The molecular formula is C34H66O5Si2. The SMILES string of the molecule is C=CCCCC(=O)C(C)CCO[Si](C)(C)C(C)(C)C.CC(=O)/C=C/CCCC(=O)C(C)CCO[Si](C)(C)C(C)(C)C. The first-order valence-corrected chi connectivity index (χ1v) is 21.5. The minimum Gasteiger partial charge on any atom is -0.417 e. The van der Waals surface area contributed by atoms with Crippen molar-refractivity contribution in [3.05, 3.63) is 24.8 Å². The lowest BCUT2D eigenvalue weighted by atomic mass is 9.98. The zero-order valence-electron chi connectivity index (χ0n) is 29.2. The zero-order valence-corrected chi connectivity index (χ0v) is 31.2. The van der Waals surface area contributed by atoms with Crippen molar-refractivity contribution in [2.75, 3.05) is 13.2 Å². The fraction of sp³-hybridized carbons (Fsp3) is 0.794. The maximum Gasteiger partial charge on any atom is 0.191 e. The summed E-state index contributed by atoms with van der Waals surface area (Å²) < 4.78 is 12.2. The molecule has 0 bridgehead atoms. The van der Waals surface area contributed by atoms with Gasteiger partial charge in [0, 0.05) is 37.9 Å². The minimum atomic E-state index is -1.71. The third-order valence-corrected chi connectivity index (χ3v) is 17.8. The van der Waals surface area contributed by atoms with Crippen LogP contribution in [0.5, 0.6) is 0 Å². The van der Waals surface area contributed by atoms with Gasteiger partial charge in [0.05, 0.1) is 0 Å². The number of carbonyl (C=O) groups excluding carboxylic acids is 3. The molecule has 2 atom stereocenters. The number of carbonyl (C=O) groups is 3. The van der Waals surface area contributed by atoms with Crippen molar-refractivity contribution in [3.63, 3.8) is 0 Å². The van der Waals surface area contributed by atoms with E-state index in [1.807, 2.05) is 26.0 Å². The van der Waals surface area contributed by atoms with E-state index in [9.17, 15) is 14.4 Å². The van der Waals surface area contributed by atoms with Crippen LogP contribution in [0.25, 0.3) is 0 Å². The van der Waals surface area contributed by atoms with E-state index in [1.54, 1.807) is 6.08 Å². The molecule has 0 saturated carbocycles. The number of unbranched alkanes of at least 4 members (excludes halogenated alkanes) is 2. The van der Waals surface area contributed by atoms with Gasteiger partial charge in [-0.05, 0) is 87.8 Å². The Morgan fingerprint density at radius 2 is 1.10 bits per heavy atom. The fourth-order valence-corrected chi connectivity index (χ4v) is 5.42. The van der Waals surface area contributed by atoms with Crippen LogP contribution in [0.1, 0.15) is 114 Å². The molecule has 0 rings (SSSR count). The Morgan fingerprint density at radius 1 is 0.732 bits per heavy atom. The predicted octanol–water partition coefficient (Wildman–Crippen LogP) is 9.88. The van der Waals surface area contributed by atoms with Crippen molar-refractivity contribution in [1.29, 1.82) is 0 Å². The van der Waals surface area contributed by atoms with Gasteiger partial charge in [-0.2, -0.15) is 0 Å². The van der Waals surface area contributed by atoms with E-state index < -0.39 is 16.6 Å². The summed E-state index contributed by atoms with van der Waals surface area (Å²) >= 11 is 0. The number of rotatable bonds is 19. The van der Waals surface area contributed by atoms with Crippen LogP contribution >= 0.6 is 0 Å². The second-order valence-electron chi connectivity index (χ2n) is 14.6. The van der Waals surface area contributed by atoms with Crippen LogP contribution in [0.2, 0.25) is 36.3 Å². The van der Waals surface area contributed by atoms with E-state index in [2.05, 4.69) is 74.3 Å². The molecule has 0 aromatic rings. The Bertz CT molecular complexity index is 816. The molecule has 0 aromatic carbocycles. The van der Waals surface area contributed by atoms with Crippen LogP contribution in [-0.4, -0.2) is 47.2 Å². The summed E-state index contributed by atoms with van der Waals surface area (Å²) in [5, 5.41) is 0.452. The van der Waals surface area contributed by atoms with E-state index >= 15 is 0 Å². The van der Waals surface area contributed by atoms with Gasteiger partial charge in [-0.3, -0.25) is 14.4 Å². The topological polar surface area (TPSA) is 69.7 Å². The van der Waals surface area contributed by atoms with Crippen LogP contribution < -0.4 is 0 Å². The van der Waals surface area contributed by atoms with Crippen molar-refractivity contribution in [1.82, 2.24) is 0 Å². The molecule has 0 aliphatic heterocycles. The van der Waals surface area contributed by atoms with Crippen molar-refractivity contribution in [2.24, 2.45) is 11.8 Å². The smallest absolute Gasteiger partial charge is 0.191 e. The van der Waals surface area contributed by atoms with Crippen molar-refractivity contribution in [3.8, 4) is 0 Å².